The van der Waals surface area contributed by atoms with Crippen LogP contribution in [0.25, 0.3) is 0 Å². The Morgan fingerprint density at radius 3 is 2.57 bits per heavy atom. The zero-order valence-electron chi connectivity index (χ0n) is 18.5. The van der Waals surface area contributed by atoms with Gasteiger partial charge in [0.25, 0.3) is 0 Å². The van der Waals surface area contributed by atoms with Crippen LogP contribution in [0.5, 0.6) is 11.5 Å². The highest BCUT2D eigenvalue weighted by atomic mass is 16.6. The van der Waals surface area contributed by atoms with Gasteiger partial charge in [0.1, 0.15) is 18.8 Å². The summed E-state index contributed by atoms with van der Waals surface area (Å²) in [7, 11) is 1.83. The number of ether oxygens (including phenoxy) is 2. The number of nitrogens with zero attached hydrogens (tertiary/aromatic N) is 3. The fourth-order valence-electron chi connectivity index (χ4n) is 3.23. The lowest BCUT2D eigenvalue weighted by Crippen LogP contribution is -2.45. The van der Waals surface area contributed by atoms with Crippen LogP contribution in [0.2, 0.25) is 0 Å². The van der Waals surface area contributed by atoms with Gasteiger partial charge >= 0.3 is 0 Å². The van der Waals surface area contributed by atoms with Crippen molar-refractivity contribution in [1.82, 2.24) is 20.4 Å². The monoisotopic (exact) mass is 415 g/mol. The van der Waals surface area contributed by atoms with Gasteiger partial charge in [-0.25, -0.2) is 0 Å². The standard InChI is InChI=1S/C22H33N5O3/c1-6-23-20(25-15-22(4,28)17-12-26-27(5)13-17)24-14-21(2,3)16-7-8-18-19(11-16)30-10-9-29-18/h7-8,11-13,28H,6,9-10,14-15H2,1-5H3,(H2,23,24,25). The van der Waals surface area contributed by atoms with Gasteiger partial charge in [-0.15, -0.1) is 0 Å². The second kappa shape index (κ2) is 8.95. The molecule has 164 valence electrons. The number of guanidine groups is 1. The summed E-state index contributed by atoms with van der Waals surface area (Å²) < 4.78 is 13.0. The summed E-state index contributed by atoms with van der Waals surface area (Å²) >= 11 is 0. The van der Waals surface area contributed by atoms with E-state index in [2.05, 4.69) is 35.6 Å². The summed E-state index contributed by atoms with van der Waals surface area (Å²) in [5.74, 6) is 2.23. The van der Waals surface area contributed by atoms with Gasteiger partial charge in [-0.1, -0.05) is 19.9 Å². The summed E-state index contributed by atoms with van der Waals surface area (Å²) in [5, 5.41) is 21.5. The molecule has 0 spiro atoms. The number of hydrogen-bond donors (Lipinski definition) is 3. The highest BCUT2D eigenvalue weighted by molar-refractivity contribution is 5.80. The molecule has 1 aliphatic heterocycles. The van der Waals surface area contributed by atoms with Crippen LogP contribution in [0.4, 0.5) is 0 Å². The molecule has 1 atom stereocenters. The first-order valence-corrected chi connectivity index (χ1v) is 10.3. The molecular weight excluding hydrogens is 382 g/mol. The molecule has 1 unspecified atom stereocenters. The molecule has 0 radical (unpaired) electrons. The molecule has 0 saturated heterocycles. The summed E-state index contributed by atoms with van der Waals surface area (Å²) in [6.07, 6.45) is 3.49. The van der Waals surface area contributed by atoms with Gasteiger partial charge in [-0.05, 0) is 31.5 Å². The fraction of sp³-hybridized carbons (Fsp3) is 0.545. The van der Waals surface area contributed by atoms with E-state index in [0.29, 0.717) is 32.3 Å². The van der Waals surface area contributed by atoms with E-state index in [0.717, 1.165) is 29.2 Å². The number of rotatable bonds is 7. The molecule has 30 heavy (non-hydrogen) atoms. The first-order chi connectivity index (χ1) is 14.2. The Bertz CT molecular complexity index is 889. The zero-order chi connectivity index (χ0) is 21.8. The molecule has 3 rings (SSSR count). The summed E-state index contributed by atoms with van der Waals surface area (Å²) in [6, 6.07) is 6.07. The third kappa shape index (κ3) is 5.24. The Balaban J connectivity index is 1.68. The molecule has 0 bridgehead atoms. The van der Waals surface area contributed by atoms with Crippen LogP contribution in [0.1, 0.15) is 38.8 Å². The Kier molecular flexibility index (Phi) is 6.55. The molecule has 0 amide bonds. The van der Waals surface area contributed by atoms with E-state index >= 15 is 0 Å². The average Bonchev–Trinajstić information content (AvgIpc) is 3.17. The fourth-order valence-corrected chi connectivity index (χ4v) is 3.23. The van der Waals surface area contributed by atoms with Crippen LogP contribution in [0.3, 0.4) is 0 Å². The van der Waals surface area contributed by atoms with E-state index in [9.17, 15) is 5.11 Å². The normalized spacial score (nSPS) is 16.1. The van der Waals surface area contributed by atoms with Crippen LogP contribution in [-0.2, 0) is 18.1 Å². The summed E-state index contributed by atoms with van der Waals surface area (Å²) in [6.45, 7) is 10.8. The van der Waals surface area contributed by atoms with Gasteiger partial charge in [0.15, 0.2) is 17.5 Å². The Labute approximate surface area is 178 Å². The lowest BCUT2D eigenvalue weighted by molar-refractivity contribution is 0.0616. The highest BCUT2D eigenvalue weighted by Crippen LogP contribution is 2.35. The molecule has 1 aliphatic rings. The van der Waals surface area contributed by atoms with E-state index in [1.807, 2.05) is 32.3 Å². The number of nitrogens with one attached hydrogen (secondary N) is 2. The van der Waals surface area contributed by atoms with Gasteiger partial charge in [0.05, 0.1) is 19.3 Å². The van der Waals surface area contributed by atoms with Crippen molar-refractivity contribution in [3.63, 3.8) is 0 Å². The number of aliphatic imine (C=N–C) groups is 1. The second-order valence-electron chi connectivity index (χ2n) is 8.47. The van der Waals surface area contributed by atoms with Crippen LogP contribution < -0.4 is 20.1 Å². The van der Waals surface area contributed by atoms with E-state index in [1.54, 1.807) is 17.8 Å². The summed E-state index contributed by atoms with van der Waals surface area (Å²) in [5.41, 5.74) is 0.624. The number of aliphatic hydroxyl groups is 1. The van der Waals surface area contributed by atoms with E-state index in [4.69, 9.17) is 14.5 Å². The number of aryl methyl sites for hydroxylation is 1. The lowest BCUT2D eigenvalue weighted by Gasteiger charge is -2.27. The number of benzene rings is 1. The van der Waals surface area contributed by atoms with Crippen molar-refractivity contribution >= 4 is 5.96 Å². The maximum absolute atomic E-state index is 10.8. The van der Waals surface area contributed by atoms with Crippen molar-refractivity contribution in [3.05, 3.63) is 41.7 Å². The maximum atomic E-state index is 10.8. The van der Waals surface area contributed by atoms with E-state index in [-0.39, 0.29) is 5.41 Å². The lowest BCUT2D eigenvalue weighted by atomic mass is 9.84. The Morgan fingerprint density at radius 1 is 1.17 bits per heavy atom. The van der Waals surface area contributed by atoms with Crippen molar-refractivity contribution in [1.29, 1.82) is 0 Å². The number of hydrogen-bond acceptors (Lipinski definition) is 5. The molecule has 8 heteroatoms. The molecular formula is C22H33N5O3. The quantitative estimate of drug-likeness (QED) is 0.473. The van der Waals surface area contributed by atoms with Gasteiger partial charge in [-0.3, -0.25) is 9.67 Å². The highest BCUT2D eigenvalue weighted by Gasteiger charge is 2.26. The third-order valence-corrected chi connectivity index (χ3v) is 5.23. The van der Waals surface area contributed by atoms with Crippen molar-refractivity contribution in [2.45, 2.75) is 38.7 Å². The first-order valence-electron chi connectivity index (χ1n) is 10.3. The SMILES string of the molecule is CCNC(=NCC(C)(C)c1ccc2c(c1)OCCO2)NCC(C)(O)c1cnn(C)c1. The average molecular weight is 416 g/mol. The van der Waals surface area contributed by atoms with Gasteiger partial charge < -0.3 is 25.2 Å². The minimum absolute atomic E-state index is 0.204. The molecule has 1 aromatic carbocycles. The van der Waals surface area contributed by atoms with Crippen LogP contribution in [-0.4, -0.2) is 53.7 Å². The van der Waals surface area contributed by atoms with Crippen LogP contribution in [0.15, 0.2) is 35.6 Å². The second-order valence-corrected chi connectivity index (χ2v) is 8.47. The van der Waals surface area contributed by atoms with Crippen molar-refractivity contribution < 1.29 is 14.6 Å². The van der Waals surface area contributed by atoms with Crippen LogP contribution in [0, 0.1) is 0 Å². The van der Waals surface area contributed by atoms with Gasteiger partial charge in [-0.2, -0.15) is 5.10 Å². The van der Waals surface area contributed by atoms with E-state index < -0.39 is 5.60 Å². The molecule has 1 aromatic heterocycles. The minimum Gasteiger partial charge on any atom is -0.486 e. The minimum atomic E-state index is -1.06. The van der Waals surface area contributed by atoms with E-state index in [1.165, 1.54) is 0 Å². The van der Waals surface area contributed by atoms with Crippen molar-refractivity contribution in [2.75, 3.05) is 32.8 Å². The third-order valence-electron chi connectivity index (χ3n) is 5.23. The molecule has 0 aliphatic carbocycles. The van der Waals surface area contributed by atoms with Gasteiger partial charge in [0.2, 0.25) is 0 Å². The largest absolute Gasteiger partial charge is 0.486 e. The Morgan fingerprint density at radius 2 is 1.90 bits per heavy atom. The summed E-state index contributed by atoms with van der Waals surface area (Å²) in [4.78, 5) is 4.77. The van der Waals surface area contributed by atoms with Gasteiger partial charge in [0, 0.05) is 30.8 Å². The molecule has 3 N–H and O–H groups in total. The predicted molar refractivity (Wildman–Crippen MR) is 117 cm³/mol. The Hall–Kier alpha value is -2.74. The topological polar surface area (TPSA) is 92.9 Å². The zero-order valence-corrected chi connectivity index (χ0v) is 18.5. The molecule has 8 nitrogen and oxygen atoms in total. The molecule has 0 fully saturated rings. The molecule has 2 heterocycles. The maximum Gasteiger partial charge on any atom is 0.191 e. The molecule has 2 aromatic rings. The molecule has 0 saturated carbocycles. The number of aromatic nitrogens is 2. The smallest absolute Gasteiger partial charge is 0.191 e. The number of fused-ring (bicyclic) bond motifs is 1. The van der Waals surface area contributed by atoms with Crippen LogP contribution >= 0.6 is 0 Å². The predicted octanol–water partition coefficient (Wildman–Crippen LogP) is 1.93. The van der Waals surface area contributed by atoms with Crippen molar-refractivity contribution in [3.8, 4) is 11.5 Å². The van der Waals surface area contributed by atoms with Crippen molar-refractivity contribution in [2.24, 2.45) is 12.0 Å². The first kappa shape index (κ1) is 22.0.